The number of amides is 1. The van der Waals surface area contributed by atoms with E-state index in [1.807, 2.05) is 6.20 Å². The molecule has 0 aromatic carbocycles. The molecule has 6 rings (SSSR count). The van der Waals surface area contributed by atoms with Crippen LogP contribution >= 0.6 is 0 Å². The summed E-state index contributed by atoms with van der Waals surface area (Å²) in [6.07, 6.45) is 11.4. The maximum Gasteiger partial charge on any atom is 0.272 e. The Morgan fingerprint density at radius 2 is 2.06 bits per heavy atom. The Balaban J connectivity index is 1.23. The first kappa shape index (κ1) is 22.0. The molecular weight excluding hydrogens is 432 g/mol. The Kier molecular flexibility index (Phi) is 5.99. The van der Waals surface area contributed by atoms with Gasteiger partial charge in [-0.15, -0.1) is 10.2 Å². The zero-order valence-electron chi connectivity index (χ0n) is 19.8. The van der Waals surface area contributed by atoms with Gasteiger partial charge < -0.3 is 24.7 Å². The number of aromatic nitrogens is 3. The Hall–Kier alpha value is -2.52. The molecule has 3 saturated carbocycles. The lowest BCUT2D eigenvalue weighted by Gasteiger charge is -2.44. The minimum atomic E-state index is -0.0984. The Labute approximate surface area is 200 Å². The van der Waals surface area contributed by atoms with Crippen molar-refractivity contribution in [1.29, 1.82) is 0 Å². The van der Waals surface area contributed by atoms with Crippen LogP contribution in [0.2, 0.25) is 0 Å². The van der Waals surface area contributed by atoms with E-state index in [0.717, 1.165) is 50.5 Å². The monoisotopic (exact) mass is 466 g/mol. The fourth-order valence-electron chi connectivity index (χ4n) is 5.36. The fraction of sp³-hybridized carbons (Fsp3) is 0.680. The third-order valence-corrected chi connectivity index (χ3v) is 7.87. The summed E-state index contributed by atoms with van der Waals surface area (Å²) in [5, 5.41) is 14.5. The van der Waals surface area contributed by atoms with Gasteiger partial charge in [0.1, 0.15) is 0 Å². The van der Waals surface area contributed by atoms with Gasteiger partial charge in [-0.05, 0) is 68.4 Å². The molecule has 2 aromatic rings. The molecule has 1 aliphatic heterocycles. The minimum Gasteiger partial charge on any atom is -0.428 e. The number of nitrogens with one attached hydrogen (secondary N) is 2. The van der Waals surface area contributed by atoms with Crippen LogP contribution in [-0.2, 0) is 4.74 Å². The lowest BCUT2D eigenvalue weighted by Crippen LogP contribution is -2.51. The maximum absolute atomic E-state index is 13.6. The molecule has 0 unspecified atom stereocenters. The quantitative estimate of drug-likeness (QED) is 0.581. The van der Waals surface area contributed by atoms with Crippen LogP contribution in [0.4, 0.5) is 5.69 Å². The van der Waals surface area contributed by atoms with Crippen LogP contribution in [-0.4, -0.2) is 66.0 Å². The van der Waals surface area contributed by atoms with Crippen molar-refractivity contribution in [3.05, 3.63) is 35.8 Å². The predicted molar refractivity (Wildman–Crippen MR) is 126 cm³/mol. The SMILES string of the molecule is COC1CC(N(CC2CC2)c2cc(C3CC3)cnc2C(=O)N[C@@H]2CNC[C@@H](c3nnco3)C2)C1. The zero-order valence-corrected chi connectivity index (χ0v) is 19.8. The standard InChI is InChI=1S/C25H34N6O3/c1-33-21-8-20(9-21)31(13-15-2-3-15)22-7-17(16-4-5-16)11-27-23(22)24(32)29-19-6-18(10-26-12-19)25-30-28-14-34-25/h7,11,14-16,18-21,26H,2-6,8-10,12-13H2,1H3,(H,29,32)/t18-,19-,20?,21?/m0/s1. The molecule has 1 amide bonds. The summed E-state index contributed by atoms with van der Waals surface area (Å²) >= 11 is 0. The number of hydrogen-bond acceptors (Lipinski definition) is 8. The van der Waals surface area contributed by atoms with Crippen molar-refractivity contribution >= 4 is 11.6 Å². The Morgan fingerprint density at radius 3 is 2.76 bits per heavy atom. The summed E-state index contributed by atoms with van der Waals surface area (Å²) < 4.78 is 11.0. The summed E-state index contributed by atoms with van der Waals surface area (Å²) in [5.41, 5.74) is 2.82. The van der Waals surface area contributed by atoms with E-state index in [2.05, 4.69) is 31.8 Å². The number of carbonyl (C=O) groups excluding carboxylic acids is 1. The van der Waals surface area contributed by atoms with Gasteiger partial charge >= 0.3 is 0 Å². The van der Waals surface area contributed by atoms with Crippen LogP contribution in [0.5, 0.6) is 0 Å². The number of rotatable bonds is 9. The lowest BCUT2D eigenvalue weighted by atomic mass is 9.87. The van der Waals surface area contributed by atoms with E-state index in [1.165, 1.54) is 37.6 Å². The minimum absolute atomic E-state index is 0.0191. The van der Waals surface area contributed by atoms with Crippen LogP contribution in [0.25, 0.3) is 0 Å². The number of ether oxygens (including phenoxy) is 1. The smallest absolute Gasteiger partial charge is 0.272 e. The van der Waals surface area contributed by atoms with E-state index >= 15 is 0 Å². The molecule has 9 heteroatoms. The Bertz CT molecular complexity index is 1000. The van der Waals surface area contributed by atoms with E-state index in [9.17, 15) is 4.79 Å². The predicted octanol–water partition coefficient (Wildman–Crippen LogP) is 2.61. The molecule has 3 heterocycles. The van der Waals surface area contributed by atoms with Gasteiger partial charge in [0.05, 0.1) is 17.7 Å². The zero-order chi connectivity index (χ0) is 23.1. The highest BCUT2D eigenvalue weighted by Crippen LogP contribution is 2.43. The highest BCUT2D eigenvalue weighted by molar-refractivity contribution is 5.98. The van der Waals surface area contributed by atoms with Crippen molar-refractivity contribution in [2.24, 2.45) is 5.92 Å². The third-order valence-electron chi connectivity index (χ3n) is 7.87. The molecule has 2 N–H and O–H groups in total. The molecule has 4 aliphatic rings. The van der Waals surface area contributed by atoms with E-state index in [4.69, 9.17) is 14.1 Å². The summed E-state index contributed by atoms with van der Waals surface area (Å²) in [7, 11) is 1.79. The van der Waals surface area contributed by atoms with Gasteiger partial charge in [0.15, 0.2) is 5.69 Å². The largest absolute Gasteiger partial charge is 0.428 e. The fourth-order valence-corrected chi connectivity index (χ4v) is 5.36. The second-order valence-corrected chi connectivity index (χ2v) is 10.5. The van der Waals surface area contributed by atoms with Crippen LogP contribution in [0.3, 0.4) is 0 Å². The number of hydrogen-bond donors (Lipinski definition) is 2. The Morgan fingerprint density at radius 1 is 1.21 bits per heavy atom. The number of nitrogens with zero attached hydrogens (tertiary/aromatic N) is 4. The molecule has 9 nitrogen and oxygen atoms in total. The molecule has 182 valence electrons. The highest BCUT2D eigenvalue weighted by Gasteiger charge is 2.39. The van der Waals surface area contributed by atoms with Gasteiger partial charge in [0.2, 0.25) is 12.3 Å². The first-order valence-electron chi connectivity index (χ1n) is 12.7. The topological polar surface area (TPSA) is 105 Å². The summed E-state index contributed by atoms with van der Waals surface area (Å²) in [6.45, 7) is 2.49. The van der Waals surface area contributed by atoms with Crippen LogP contribution in [0, 0.1) is 5.92 Å². The van der Waals surface area contributed by atoms with Gasteiger partial charge in [-0.25, -0.2) is 4.98 Å². The summed E-state index contributed by atoms with van der Waals surface area (Å²) in [6, 6.07) is 2.64. The van der Waals surface area contributed by atoms with Crippen molar-refractivity contribution in [2.75, 3.05) is 31.6 Å². The molecule has 0 radical (unpaired) electrons. The molecule has 3 aliphatic carbocycles. The van der Waals surface area contributed by atoms with Gasteiger partial charge in [-0.2, -0.15) is 0 Å². The average Bonchev–Trinajstić information content (AvgIpc) is 3.76. The number of piperidine rings is 1. The van der Waals surface area contributed by atoms with E-state index < -0.39 is 0 Å². The van der Waals surface area contributed by atoms with Gasteiger partial charge in [0.25, 0.3) is 5.91 Å². The van der Waals surface area contributed by atoms with Crippen LogP contribution in [0.1, 0.15) is 78.7 Å². The summed E-state index contributed by atoms with van der Waals surface area (Å²) in [5.74, 6) is 1.93. The van der Waals surface area contributed by atoms with E-state index in [0.29, 0.717) is 29.6 Å². The normalized spacial score (nSPS) is 28.9. The first-order chi connectivity index (χ1) is 16.7. The van der Waals surface area contributed by atoms with Gasteiger partial charge in [-0.3, -0.25) is 4.79 Å². The third kappa shape index (κ3) is 4.68. The maximum atomic E-state index is 13.6. The molecule has 0 spiro atoms. The molecule has 0 bridgehead atoms. The molecule has 2 aromatic heterocycles. The average molecular weight is 467 g/mol. The van der Waals surface area contributed by atoms with Crippen LogP contribution in [0.15, 0.2) is 23.1 Å². The number of methoxy groups -OCH3 is 1. The molecule has 2 atom stereocenters. The molecule has 4 fully saturated rings. The molecule has 1 saturated heterocycles. The van der Waals surface area contributed by atoms with Crippen molar-refractivity contribution in [1.82, 2.24) is 25.8 Å². The van der Waals surface area contributed by atoms with Crippen molar-refractivity contribution in [2.45, 2.75) is 75.0 Å². The number of pyridine rings is 1. The van der Waals surface area contributed by atoms with Gasteiger partial charge in [-0.1, -0.05) is 0 Å². The number of carbonyl (C=O) groups is 1. The van der Waals surface area contributed by atoms with E-state index in [1.54, 1.807) is 7.11 Å². The van der Waals surface area contributed by atoms with Gasteiger partial charge in [0, 0.05) is 45.0 Å². The van der Waals surface area contributed by atoms with Crippen molar-refractivity contribution < 1.29 is 13.9 Å². The second-order valence-electron chi connectivity index (χ2n) is 10.5. The molecule has 34 heavy (non-hydrogen) atoms. The molecular formula is C25H34N6O3. The second kappa shape index (κ2) is 9.26. The van der Waals surface area contributed by atoms with E-state index in [-0.39, 0.29) is 17.9 Å². The van der Waals surface area contributed by atoms with Crippen molar-refractivity contribution in [3.63, 3.8) is 0 Å². The summed E-state index contributed by atoms with van der Waals surface area (Å²) in [4.78, 5) is 20.8. The van der Waals surface area contributed by atoms with Crippen LogP contribution < -0.4 is 15.5 Å². The van der Waals surface area contributed by atoms with Crippen molar-refractivity contribution in [3.8, 4) is 0 Å². The lowest BCUT2D eigenvalue weighted by molar-refractivity contribution is 0.0251. The highest BCUT2D eigenvalue weighted by atomic mass is 16.5. The number of anilines is 1. The first-order valence-corrected chi connectivity index (χ1v) is 12.7.